The van der Waals surface area contributed by atoms with Gasteiger partial charge in [-0.25, -0.2) is 0 Å². The van der Waals surface area contributed by atoms with Gasteiger partial charge >= 0.3 is 0 Å². The lowest BCUT2D eigenvalue weighted by atomic mass is 10.1. The maximum atomic E-state index is 9.84. The van der Waals surface area contributed by atoms with Gasteiger partial charge in [-0.1, -0.05) is 17.7 Å². The average molecular weight is 279 g/mol. The Bertz CT molecular complexity index is 695. The number of halogens is 1. The van der Waals surface area contributed by atoms with E-state index in [9.17, 15) is 10.2 Å². The molecule has 0 aliphatic carbocycles. The van der Waals surface area contributed by atoms with Crippen molar-refractivity contribution in [3.63, 3.8) is 0 Å². The molecule has 0 radical (unpaired) electrons. The van der Waals surface area contributed by atoms with Crippen LogP contribution in [0, 0.1) is 13.8 Å². The molecular weight excluding hydrogens is 268 g/mol. The number of phenols is 2. The minimum absolute atomic E-state index is 0.203. The highest BCUT2D eigenvalue weighted by Crippen LogP contribution is 2.55. The summed E-state index contributed by atoms with van der Waals surface area (Å²) in [5, 5.41) is 20.1. The van der Waals surface area contributed by atoms with Crippen molar-refractivity contribution >= 4 is 11.6 Å². The molecule has 0 amide bonds. The molecule has 2 aromatic rings. The standard InChI is InChI=1S/C14H11ClO4/c1-6-10(16)11(17)7(2)13-12(6)18-9-5-3-4-8(15)14(9)19-13/h3-5,16-17H,1-2H3. The molecule has 3 rings (SSSR count). The summed E-state index contributed by atoms with van der Waals surface area (Å²) >= 11 is 6.05. The van der Waals surface area contributed by atoms with Crippen molar-refractivity contribution < 1.29 is 19.7 Å². The van der Waals surface area contributed by atoms with Crippen LogP contribution in [0.3, 0.4) is 0 Å². The van der Waals surface area contributed by atoms with Gasteiger partial charge in [0.15, 0.2) is 34.5 Å². The van der Waals surface area contributed by atoms with Gasteiger partial charge in [-0.3, -0.25) is 0 Å². The molecular formula is C14H11ClO4. The normalized spacial score (nSPS) is 12.2. The molecule has 19 heavy (non-hydrogen) atoms. The third kappa shape index (κ3) is 1.60. The van der Waals surface area contributed by atoms with Crippen molar-refractivity contribution in [2.24, 2.45) is 0 Å². The number of hydrogen-bond donors (Lipinski definition) is 2. The van der Waals surface area contributed by atoms with Gasteiger partial charge in [0.25, 0.3) is 0 Å². The minimum Gasteiger partial charge on any atom is -0.504 e. The van der Waals surface area contributed by atoms with Crippen LogP contribution in [-0.4, -0.2) is 10.2 Å². The second kappa shape index (κ2) is 3.96. The number of benzene rings is 2. The highest BCUT2D eigenvalue weighted by molar-refractivity contribution is 6.32. The van der Waals surface area contributed by atoms with Crippen LogP contribution in [0.5, 0.6) is 34.5 Å². The van der Waals surface area contributed by atoms with Gasteiger partial charge in [0.1, 0.15) is 0 Å². The van der Waals surface area contributed by atoms with E-state index in [0.717, 1.165) is 0 Å². The average Bonchev–Trinajstić information content (AvgIpc) is 2.42. The SMILES string of the molecule is Cc1c(O)c(O)c(C)c2c1Oc1cccc(Cl)c1O2. The van der Waals surface area contributed by atoms with Gasteiger partial charge in [-0.2, -0.15) is 0 Å². The Morgan fingerprint density at radius 3 is 2.11 bits per heavy atom. The molecule has 1 aliphatic heterocycles. The zero-order chi connectivity index (χ0) is 13.7. The second-order valence-corrected chi connectivity index (χ2v) is 4.78. The molecule has 0 saturated heterocycles. The Hall–Kier alpha value is -2.07. The van der Waals surface area contributed by atoms with Crippen LogP contribution in [0.15, 0.2) is 18.2 Å². The highest BCUT2D eigenvalue weighted by Gasteiger charge is 2.28. The summed E-state index contributed by atoms with van der Waals surface area (Å²) in [6.07, 6.45) is 0. The number of aromatic hydroxyl groups is 2. The van der Waals surface area contributed by atoms with Crippen molar-refractivity contribution in [1.29, 1.82) is 0 Å². The van der Waals surface area contributed by atoms with Crippen LogP contribution in [0.25, 0.3) is 0 Å². The number of para-hydroxylation sites is 1. The molecule has 1 aliphatic rings. The summed E-state index contributed by atoms with van der Waals surface area (Å²) in [5.41, 5.74) is 0.826. The van der Waals surface area contributed by atoms with Crippen molar-refractivity contribution in [3.8, 4) is 34.5 Å². The van der Waals surface area contributed by atoms with E-state index in [0.29, 0.717) is 39.1 Å². The number of fused-ring (bicyclic) bond motifs is 2. The second-order valence-electron chi connectivity index (χ2n) is 4.38. The van der Waals surface area contributed by atoms with E-state index in [1.165, 1.54) is 0 Å². The van der Waals surface area contributed by atoms with Crippen LogP contribution in [0.2, 0.25) is 5.02 Å². The number of phenolic OH excluding ortho intramolecular Hbond substituents is 2. The molecule has 1 heterocycles. The van der Waals surface area contributed by atoms with E-state index in [2.05, 4.69) is 0 Å². The van der Waals surface area contributed by atoms with Gasteiger partial charge in [0.2, 0.25) is 0 Å². The van der Waals surface area contributed by atoms with Gasteiger partial charge in [-0.05, 0) is 26.0 Å². The van der Waals surface area contributed by atoms with E-state index < -0.39 is 0 Å². The highest BCUT2D eigenvalue weighted by atomic mass is 35.5. The maximum Gasteiger partial charge on any atom is 0.188 e. The summed E-state index contributed by atoms with van der Waals surface area (Å²) in [7, 11) is 0. The van der Waals surface area contributed by atoms with Gasteiger partial charge in [0, 0.05) is 11.1 Å². The first-order chi connectivity index (χ1) is 9.00. The summed E-state index contributed by atoms with van der Waals surface area (Å²) in [6, 6.07) is 5.16. The fourth-order valence-electron chi connectivity index (χ4n) is 2.04. The first kappa shape index (κ1) is 12.0. The third-order valence-electron chi connectivity index (χ3n) is 3.17. The van der Waals surface area contributed by atoms with Gasteiger partial charge in [-0.15, -0.1) is 0 Å². The molecule has 0 spiro atoms. The van der Waals surface area contributed by atoms with Gasteiger partial charge < -0.3 is 19.7 Å². The molecule has 2 N–H and O–H groups in total. The molecule has 0 aromatic heterocycles. The molecule has 0 saturated carbocycles. The maximum absolute atomic E-state index is 9.84. The van der Waals surface area contributed by atoms with E-state index in [1.807, 2.05) is 0 Å². The number of ether oxygens (including phenoxy) is 2. The lowest BCUT2D eigenvalue weighted by Crippen LogP contribution is -2.03. The van der Waals surface area contributed by atoms with Crippen LogP contribution < -0.4 is 9.47 Å². The first-order valence-corrected chi connectivity index (χ1v) is 6.07. The minimum atomic E-state index is -0.213. The van der Waals surface area contributed by atoms with Crippen molar-refractivity contribution in [2.45, 2.75) is 13.8 Å². The Balaban J connectivity index is 2.26. The predicted molar refractivity (Wildman–Crippen MR) is 70.8 cm³/mol. The van der Waals surface area contributed by atoms with Crippen LogP contribution >= 0.6 is 11.6 Å². The smallest absolute Gasteiger partial charge is 0.188 e. The number of hydrogen-bond acceptors (Lipinski definition) is 4. The summed E-state index contributed by atoms with van der Waals surface area (Å²) in [6.45, 7) is 3.28. The van der Waals surface area contributed by atoms with Crippen LogP contribution in [-0.2, 0) is 0 Å². The monoisotopic (exact) mass is 278 g/mol. The Morgan fingerprint density at radius 1 is 0.895 bits per heavy atom. The molecule has 2 aromatic carbocycles. The van der Waals surface area contributed by atoms with E-state index >= 15 is 0 Å². The number of rotatable bonds is 0. The van der Waals surface area contributed by atoms with E-state index in [4.69, 9.17) is 21.1 Å². The Morgan fingerprint density at radius 2 is 1.47 bits per heavy atom. The molecule has 0 atom stereocenters. The van der Waals surface area contributed by atoms with E-state index in [1.54, 1.807) is 32.0 Å². The topological polar surface area (TPSA) is 58.9 Å². The van der Waals surface area contributed by atoms with E-state index in [-0.39, 0.29) is 11.5 Å². The van der Waals surface area contributed by atoms with Crippen LogP contribution in [0.4, 0.5) is 0 Å². The predicted octanol–water partition coefficient (Wildman–Crippen LogP) is 4.27. The Labute approximate surface area is 114 Å². The summed E-state index contributed by atoms with van der Waals surface area (Å²) in [5.74, 6) is 1.23. The fourth-order valence-corrected chi connectivity index (χ4v) is 2.24. The fraction of sp³-hybridized carbons (Fsp3) is 0.143. The largest absolute Gasteiger partial charge is 0.504 e. The lowest BCUT2D eigenvalue weighted by molar-refractivity contribution is 0.339. The summed E-state index contributed by atoms with van der Waals surface area (Å²) < 4.78 is 11.5. The third-order valence-corrected chi connectivity index (χ3v) is 3.47. The Kier molecular flexibility index (Phi) is 2.50. The summed E-state index contributed by atoms with van der Waals surface area (Å²) in [4.78, 5) is 0. The molecule has 0 unspecified atom stereocenters. The first-order valence-electron chi connectivity index (χ1n) is 5.70. The van der Waals surface area contributed by atoms with Crippen molar-refractivity contribution in [3.05, 3.63) is 34.3 Å². The molecule has 98 valence electrons. The van der Waals surface area contributed by atoms with Crippen molar-refractivity contribution in [2.75, 3.05) is 0 Å². The molecule has 4 nitrogen and oxygen atoms in total. The quantitative estimate of drug-likeness (QED) is 0.603. The van der Waals surface area contributed by atoms with Crippen molar-refractivity contribution in [1.82, 2.24) is 0 Å². The zero-order valence-electron chi connectivity index (χ0n) is 10.3. The molecule has 0 fully saturated rings. The zero-order valence-corrected chi connectivity index (χ0v) is 11.1. The van der Waals surface area contributed by atoms with Gasteiger partial charge in [0.05, 0.1) is 5.02 Å². The lowest BCUT2D eigenvalue weighted by Gasteiger charge is -2.25. The molecule has 5 heteroatoms. The molecule has 0 bridgehead atoms. The van der Waals surface area contributed by atoms with Crippen LogP contribution in [0.1, 0.15) is 11.1 Å².